The Morgan fingerprint density at radius 3 is 2.35 bits per heavy atom. The number of ketones is 1. The minimum Gasteiger partial charge on any atom is -0.299 e. The summed E-state index contributed by atoms with van der Waals surface area (Å²) in [5, 5.41) is 3.11. The van der Waals surface area contributed by atoms with Gasteiger partial charge >= 0.3 is 0 Å². The highest BCUT2D eigenvalue weighted by molar-refractivity contribution is 7.09. The number of thiazole rings is 1. The minimum atomic E-state index is 0.0814. The molecule has 2 nitrogen and oxygen atoms in total. The summed E-state index contributed by atoms with van der Waals surface area (Å²) in [7, 11) is 0. The number of rotatable bonds is 3. The second kappa shape index (κ2) is 6.84. The monoisotopic (exact) mass is 293 g/mol. The van der Waals surface area contributed by atoms with Gasteiger partial charge in [0.15, 0.2) is 0 Å². The van der Waals surface area contributed by atoms with Crippen molar-refractivity contribution in [3.63, 3.8) is 0 Å². The molecule has 2 rings (SSSR count). The van der Waals surface area contributed by atoms with Crippen LogP contribution in [0.25, 0.3) is 0 Å². The zero-order valence-corrected chi connectivity index (χ0v) is 13.9. The lowest BCUT2D eigenvalue weighted by Crippen LogP contribution is -2.18. The van der Waals surface area contributed by atoms with E-state index in [0.717, 1.165) is 23.5 Å². The average molecular weight is 293 g/mol. The van der Waals surface area contributed by atoms with Crippen molar-refractivity contribution in [2.45, 2.75) is 77.6 Å². The molecular formula is C17H27NOS. The molecule has 0 bridgehead atoms. The molecule has 3 heteroatoms. The fourth-order valence-electron chi connectivity index (χ4n) is 2.81. The predicted octanol–water partition coefficient (Wildman–Crippen LogP) is 4.91. The topological polar surface area (TPSA) is 30.0 Å². The first-order chi connectivity index (χ1) is 9.47. The molecule has 1 fully saturated rings. The Labute approximate surface area is 127 Å². The Morgan fingerprint density at radius 1 is 1.20 bits per heavy atom. The van der Waals surface area contributed by atoms with Crippen LogP contribution >= 0.6 is 11.3 Å². The third kappa shape index (κ3) is 4.41. The molecule has 1 aromatic heterocycles. The Balaban J connectivity index is 1.94. The van der Waals surface area contributed by atoms with Crippen molar-refractivity contribution >= 4 is 17.1 Å². The van der Waals surface area contributed by atoms with Crippen LogP contribution in [0, 0.1) is 5.92 Å². The van der Waals surface area contributed by atoms with Crippen LogP contribution in [0.15, 0.2) is 5.38 Å². The maximum absolute atomic E-state index is 12.5. The molecule has 1 saturated carbocycles. The summed E-state index contributed by atoms with van der Waals surface area (Å²) in [6.07, 6.45) is 9.13. The SMILES string of the molecule is CC(C)(C)c1csc(CC(=O)C2CCCCCCC2)n1. The fraction of sp³-hybridized carbons (Fsp3) is 0.765. The Bertz CT molecular complexity index is 436. The van der Waals surface area contributed by atoms with E-state index in [4.69, 9.17) is 0 Å². The second-order valence-corrected chi connectivity index (χ2v) is 8.00. The van der Waals surface area contributed by atoms with E-state index in [1.165, 1.54) is 32.1 Å². The number of nitrogens with zero attached hydrogens (tertiary/aromatic N) is 1. The van der Waals surface area contributed by atoms with Crippen LogP contribution in [0.4, 0.5) is 0 Å². The molecule has 0 aromatic carbocycles. The highest BCUT2D eigenvalue weighted by Gasteiger charge is 2.22. The molecule has 1 aromatic rings. The highest BCUT2D eigenvalue weighted by atomic mass is 32.1. The van der Waals surface area contributed by atoms with Crippen molar-refractivity contribution in [2.24, 2.45) is 5.92 Å². The van der Waals surface area contributed by atoms with Gasteiger partial charge < -0.3 is 0 Å². The third-order valence-electron chi connectivity index (χ3n) is 4.21. The zero-order chi connectivity index (χ0) is 14.6. The van der Waals surface area contributed by atoms with E-state index in [1.54, 1.807) is 11.3 Å². The van der Waals surface area contributed by atoms with Gasteiger partial charge in [-0.15, -0.1) is 11.3 Å². The van der Waals surface area contributed by atoms with E-state index in [1.807, 2.05) is 0 Å². The Kier molecular flexibility index (Phi) is 5.36. The number of aromatic nitrogens is 1. The van der Waals surface area contributed by atoms with E-state index >= 15 is 0 Å². The van der Waals surface area contributed by atoms with E-state index in [9.17, 15) is 4.79 Å². The highest BCUT2D eigenvalue weighted by Crippen LogP contribution is 2.27. The van der Waals surface area contributed by atoms with Crippen LogP contribution in [0.1, 0.15) is 76.4 Å². The lowest BCUT2D eigenvalue weighted by molar-refractivity contribution is -0.122. The van der Waals surface area contributed by atoms with Gasteiger partial charge in [0.2, 0.25) is 0 Å². The van der Waals surface area contributed by atoms with Gasteiger partial charge in [0.05, 0.1) is 12.1 Å². The van der Waals surface area contributed by atoms with Crippen LogP contribution in [0.5, 0.6) is 0 Å². The average Bonchev–Trinajstić information content (AvgIpc) is 2.76. The first-order valence-corrected chi connectivity index (χ1v) is 8.82. The molecule has 0 radical (unpaired) electrons. The first kappa shape index (κ1) is 15.7. The summed E-state index contributed by atoms with van der Waals surface area (Å²) < 4.78 is 0. The molecule has 0 saturated heterocycles. The first-order valence-electron chi connectivity index (χ1n) is 7.94. The predicted molar refractivity (Wildman–Crippen MR) is 85.3 cm³/mol. The molecule has 1 aliphatic rings. The summed E-state index contributed by atoms with van der Waals surface area (Å²) >= 11 is 1.65. The van der Waals surface area contributed by atoms with Crippen molar-refractivity contribution in [3.8, 4) is 0 Å². The molecule has 20 heavy (non-hydrogen) atoms. The van der Waals surface area contributed by atoms with Crippen molar-refractivity contribution < 1.29 is 4.79 Å². The van der Waals surface area contributed by atoms with Crippen LogP contribution in [-0.2, 0) is 16.6 Å². The zero-order valence-electron chi connectivity index (χ0n) is 13.1. The Morgan fingerprint density at radius 2 is 1.80 bits per heavy atom. The summed E-state index contributed by atoms with van der Waals surface area (Å²) in [6, 6.07) is 0. The normalized spacial score (nSPS) is 18.6. The summed E-state index contributed by atoms with van der Waals surface area (Å²) in [5.74, 6) is 0.707. The molecule has 0 unspecified atom stereocenters. The van der Waals surface area contributed by atoms with Crippen LogP contribution in [0.2, 0.25) is 0 Å². The standard InChI is InChI=1S/C17H27NOS/c1-17(2,3)15-12-20-16(18-15)11-14(19)13-9-7-5-4-6-8-10-13/h12-13H,4-11H2,1-3H3. The van der Waals surface area contributed by atoms with Crippen LogP contribution in [0.3, 0.4) is 0 Å². The van der Waals surface area contributed by atoms with Gasteiger partial charge in [-0.05, 0) is 12.8 Å². The quantitative estimate of drug-likeness (QED) is 0.792. The molecular weight excluding hydrogens is 266 g/mol. The van der Waals surface area contributed by atoms with Crippen LogP contribution in [-0.4, -0.2) is 10.8 Å². The Hall–Kier alpha value is -0.700. The smallest absolute Gasteiger partial charge is 0.142 e. The van der Waals surface area contributed by atoms with Gasteiger partial charge in [-0.3, -0.25) is 4.79 Å². The summed E-state index contributed by atoms with van der Waals surface area (Å²) in [5.41, 5.74) is 1.20. The second-order valence-electron chi connectivity index (χ2n) is 7.06. The van der Waals surface area contributed by atoms with Gasteiger partial charge in [-0.2, -0.15) is 0 Å². The lowest BCUT2D eigenvalue weighted by atomic mass is 9.87. The maximum Gasteiger partial charge on any atom is 0.142 e. The minimum absolute atomic E-state index is 0.0814. The van der Waals surface area contributed by atoms with Crippen molar-refractivity contribution in [3.05, 3.63) is 16.1 Å². The molecule has 0 atom stereocenters. The number of Topliss-reactive ketones (excluding diaryl/α,β-unsaturated/α-hetero) is 1. The molecule has 0 aliphatic heterocycles. The van der Waals surface area contributed by atoms with Gasteiger partial charge in [-0.1, -0.05) is 52.9 Å². The molecule has 0 amide bonds. The van der Waals surface area contributed by atoms with E-state index in [0.29, 0.717) is 12.2 Å². The molecule has 0 N–H and O–H groups in total. The third-order valence-corrected chi connectivity index (χ3v) is 5.05. The van der Waals surface area contributed by atoms with E-state index < -0.39 is 0 Å². The fourth-order valence-corrected chi connectivity index (χ4v) is 3.84. The molecule has 1 heterocycles. The molecule has 0 spiro atoms. The van der Waals surface area contributed by atoms with Crippen molar-refractivity contribution in [1.29, 1.82) is 0 Å². The van der Waals surface area contributed by atoms with Gasteiger partial charge in [0.25, 0.3) is 0 Å². The number of carbonyl (C=O) groups excluding carboxylic acids is 1. The van der Waals surface area contributed by atoms with E-state index in [-0.39, 0.29) is 11.3 Å². The van der Waals surface area contributed by atoms with Crippen molar-refractivity contribution in [2.75, 3.05) is 0 Å². The molecule has 112 valence electrons. The van der Waals surface area contributed by atoms with Gasteiger partial charge in [0.1, 0.15) is 10.8 Å². The number of hydrogen-bond acceptors (Lipinski definition) is 3. The summed E-state index contributed by atoms with van der Waals surface area (Å²) in [4.78, 5) is 17.1. The largest absolute Gasteiger partial charge is 0.299 e. The van der Waals surface area contributed by atoms with E-state index in [2.05, 4.69) is 31.1 Å². The molecule has 1 aliphatic carbocycles. The maximum atomic E-state index is 12.5. The van der Waals surface area contributed by atoms with Crippen molar-refractivity contribution in [1.82, 2.24) is 4.98 Å². The number of carbonyl (C=O) groups is 1. The number of hydrogen-bond donors (Lipinski definition) is 0. The summed E-state index contributed by atoms with van der Waals surface area (Å²) in [6.45, 7) is 6.51. The lowest BCUT2D eigenvalue weighted by Gasteiger charge is -2.18. The van der Waals surface area contributed by atoms with Gasteiger partial charge in [0, 0.05) is 16.7 Å². The van der Waals surface area contributed by atoms with Crippen LogP contribution < -0.4 is 0 Å². The van der Waals surface area contributed by atoms with Gasteiger partial charge in [-0.25, -0.2) is 4.98 Å².